The third kappa shape index (κ3) is 2.44. The molecular formula is C14H10ClN3O. The molecule has 19 heavy (non-hydrogen) atoms. The lowest BCUT2D eigenvalue weighted by molar-refractivity contribution is 0.102. The largest absolute Gasteiger partial charge is 0.322 e. The molecule has 5 heteroatoms. The maximum absolute atomic E-state index is 12.1. The minimum Gasteiger partial charge on any atom is -0.322 e. The number of benzene rings is 2. The Morgan fingerprint density at radius 1 is 1.16 bits per heavy atom. The first-order chi connectivity index (χ1) is 9.22. The van der Waals surface area contributed by atoms with E-state index < -0.39 is 0 Å². The molecule has 0 saturated carbocycles. The maximum Gasteiger partial charge on any atom is 0.255 e. The van der Waals surface area contributed by atoms with Gasteiger partial charge in [-0.3, -0.25) is 9.89 Å². The van der Waals surface area contributed by atoms with Gasteiger partial charge in [0, 0.05) is 21.7 Å². The molecule has 0 fully saturated rings. The van der Waals surface area contributed by atoms with E-state index in [0.29, 0.717) is 16.3 Å². The van der Waals surface area contributed by atoms with Gasteiger partial charge in [-0.15, -0.1) is 0 Å². The SMILES string of the molecule is O=C(Nc1ccc(Cl)cc1)c1ccc2[nH]ncc2c1. The van der Waals surface area contributed by atoms with Crippen LogP contribution in [-0.2, 0) is 0 Å². The number of aromatic amines is 1. The molecule has 3 aromatic rings. The molecule has 0 unspecified atom stereocenters. The molecule has 0 atom stereocenters. The Morgan fingerprint density at radius 2 is 1.95 bits per heavy atom. The molecule has 1 heterocycles. The van der Waals surface area contributed by atoms with E-state index in [4.69, 9.17) is 11.6 Å². The van der Waals surface area contributed by atoms with Gasteiger partial charge in [-0.05, 0) is 42.5 Å². The second-order valence-corrected chi connectivity index (χ2v) is 4.57. The van der Waals surface area contributed by atoms with Crippen LogP contribution in [0.1, 0.15) is 10.4 Å². The van der Waals surface area contributed by atoms with Crippen LogP contribution in [-0.4, -0.2) is 16.1 Å². The summed E-state index contributed by atoms with van der Waals surface area (Å²) < 4.78 is 0. The Balaban J connectivity index is 1.84. The second kappa shape index (κ2) is 4.74. The van der Waals surface area contributed by atoms with Crippen LogP contribution in [0.4, 0.5) is 5.69 Å². The fourth-order valence-electron chi connectivity index (χ4n) is 1.82. The molecule has 2 N–H and O–H groups in total. The summed E-state index contributed by atoms with van der Waals surface area (Å²) in [5, 5.41) is 11.1. The van der Waals surface area contributed by atoms with Crippen molar-refractivity contribution < 1.29 is 4.79 Å². The van der Waals surface area contributed by atoms with Gasteiger partial charge < -0.3 is 5.32 Å². The van der Waals surface area contributed by atoms with E-state index in [0.717, 1.165) is 10.9 Å². The van der Waals surface area contributed by atoms with Gasteiger partial charge in [0.15, 0.2) is 0 Å². The van der Waals surface area contributed by atoms with Crippen molar-refractivity contribution in [2.24, 2.45) is 0 Å². The predicted molar refractivity (Wildman–Crippen MR) is 75.5 cm³/mol. The molecule has 1 aromatic heterocycles. The highest BCUT2D eigenvalue weighted by Gasteiger charge is 2.07. The number of nitrogens with one attached hydrogen (secondary N) is 2. The van der Waals surface area contributed by atoms with E-state index in [2.05, 4.69) is 15.5 Å². The summed E-state index contributed by atoms with van der Waals surface area (Å²) in [6.07, 6.45) is 1.69. The van der Waals surface area contributed by atoms with Crippen molar-refractivity contribution >= 4 is 34.1 Å². The average Bonchev–Trinajstić information content (AvgIpc) is 2.88. The number of aromatic nitrogens is 2. The van der Waals surface area contributed by atoms with E-state index in [9.17, 15) is 4.79 Å². The maximum atomic E-state index is 12.1. The minimum absolute atomic E-state index is 0.162. The first kappa shape index (κ1) is 11.7. The zero-order valence-corrected chi connectivity index (χ0v) is 10.6. The molecule has 2 aromatic carbocycles. The average molecular weight is 272 g/mol. The lowest BCUT2D eigenvalue weighted by Gasteiger charge is -2.05. The number of fused-ring (bicyclic) bond motifs is 1. The molecule has 0 aliphatic rings. The molecule has 0 aliphatic heterocycles. The van der Waals surface area contributed by atoms with Gasteiger partial charge in [-0.2, -0.15) is 5.10 Å². The zero-order chi connectivity index (χ0) is 13.2. The summed E-state index contributed by atoms with van der Waals surface area (Å²) in [5.74, 6) is -0.162. The van der Waals surface area contributed by atoms with Gasteiger partial charge >= 0.3 is 0 Å². The number of hydrogen-bond donors (Lipinski definition) is 2. The highest BCUT2D eigenvalue weighted by molar-refractivity contribution is 6.30. The first-order valence-electron chi connectivity index (χ1n) is 5.72. The van der Waals surface area contributed by atoms with Gasteiger partial charge in [-0.1, -0.05) is 11.6 Å². The summed E-state index contributed by atoms with van der Waals surface area (Å²) in [5.41, 5.74) is 2.20. The molecular weight excluding hydrogens is 262 g/mol. The molecule has 0 bridgehead atoms. The van der Waals surface area contributed by atoms with Gasteiger partial charge in [0.2, 0.25) is 0 Å². The topological polar surface area (TPSA) is 57.8 Å². The number of hydrogen-bond acceptors (Lipinski definition) is 2. The molecule has 0 saturated heterocycles. The summed E-state index contributed by atoms with van der Waals surface area (Å²) in [6, 6.07) is 12.4. The van der Waals surface area contributed by atoms with Crippen molar-refractivity contribution in [3.63, 3.8) is 0 Å². The summed E-state index contributed by atoms with van der Waals surface area (Å²) in [4.78, 5) is 12.1. The molecule has 3 rings (SSSR count). The Morgan fingerprint density at radius 3 is 2.74 bits per heavy atom. The Labute approximate surface area is 114 Å². The lowest BCUT2D eigenvalue weighted by atomic mass is 10.1. The molecule has 1 amide bonds. The molecule has 4 nitrogen and oxygen atoms in total. The van der Waals surface area contributed by atoms with Crippen molar-refractivity contribution in [3.05, 3.63) is 59.2 Å². The Hall–Kier alpha value is -2.33. The first-order valence-corrected chi connectivity index (χ1v) is 6.10. The number of amides is 1. The van der Waals surface area contributed by atoms with Crippen LogP contribution < -0.4 is 5.32 Å². The summed E-state index contributed by atoms with van der Waals surface area (Å²) in [6.45, 7) is 0. The van der Waals surface area contributed by atoms with E-state index in [1.54, 1.807) is 42.6 Å². The standard InChI is InChI=1S/C14H10ClN3O/c15-11-2-4-12(5-3-11)17-14(19)9-1-6-13-10(7-9)8-16-18-13/h1-8H,(H,16,18)(H,17,19). The molecule has 0 radical (unpaired) electrons. The monoisotopic (exact) mass is 271 g/mol. The van der Waals surface area contributed by atoms with E-state index in [1.807, 2.05) is 6.07 Å². The van der Waals surface area contributed by atoms with Crippen molar-refractivity contribution in [2.45, 2.75) is 0 Å². The lowest BCUT2D eigenvalue weighted by Crippen LogP contribution is -2.11. The number of halogens is 1. The van der Waals surface area contributed by atoms with Crippen LogP contribution >= 0.6 is 11.6 Å². The number of rotatable bonds is 2. The highest BCUT2D eigenvalue weighted by atomic mass is 35.5. The third-order valence-corrected chi connectivity index (χ3v) is 3.06. The fourth-order valence-corrected chi connectivity index (χ4v) is 1.95. The van der Waals surface area contributed by atoms with Gasteiger partial charge in [0.25, 0.3) is 5.91 Å². The van der Waals surface area contributed by atoms with Crippen LogP contribution in [0.25, 0.3) is 10.9 Å². The smallest absolute Gasteiger partial charge is 0.255 e. The number of H-pyrrole nitrogens is 1. The molecule has 94 valence electrons. The van der Waals surface area contributed by atoms with Crippen molar-refractivity contribution in [1.29, 1.82) is 0 Å². The zero-order valence-electron chi connectivity index (χ0n) is 9.85. The molecule has 0 aliphatic carbocycles. The third-order valence-electron chi connectivity index (χ3n) is 2.80. The van der Waals surface area contributed by atoms with E-state index in [1.165, 1.54) is 0 Å². The van der Waals surface area contributed by atoms with Crippen LogP contribution in [0.15, 0.2) is 48.7 Å². The van der Waals surface area contributed by atoms with Gasteiger partial charge in [0.1, 0.15) is 0 Å². The summed E-state index contributed by atoms with van der Waals surface area (Å²) >= 11 is 5.79. The van der Waals surface area contributed by atoms with Gasteiger partial charge in [0.05, 0.1) is 11.7 Å². The summed E-state index contributed by atoms with van der Waals surface area (Å²) in [7, 11) is 0. The minimum atomic E-state index is -0.162. The normalized spacial score (nSPS) is 10.6. The number of carbonyl (C=O) groups is 1. The van der Waals surface area contributed by atoms with Gasteiger partial charge in [-0.25, -0.2) is 0 Å². The van der Waals surface area contributed by atoms with Crippen LogP contribution in [0.5, 0.6) is 0 Å². The number of anilines is 1. The second-order valence-electron chi connectivity index (χ2n) is 4.13. The van der Waals surface area contributed by atoms with Crippen molar-refractivity contribution in [3.8, 4) is 0 Å². The Kier molecular flexibility index (Phi) is 2.93. The van der Waals surface area contributed by atoms with Crippen LogP contribution in [0.3, 0.4) is 0 Å². The predicted octanol–water partition coefficient (Wildman–Crippen LogP) is 3.47. The Bertz CT molecular complexity index is 734. The molecule has 0 spiro atoms. The van der Waals surface area contributed by atoms with Crippen molar-refractivity contribution in [2.75, 3.05) is 5.32 Å². The van der Waals surface area contributed by atoms with E-state index in [-0.39, 0.29) is 5.91 Å². The quantitative estimate of drug-likeness (QED) is 0.750. The van der Waals surface area contributed by atoms with E-state index >= 15 is 0 Å². The van der Waals surface area contributed by atoms with Crippen LogP contribution in [0.2, 0.25) is 5.02 Å². The van der Waals surface area contributed by atoms with Crippen molar-refractivity contribution in [1.82, 2.24) is 10.2 Å². The fraction of sp³-hybridized carbons (Fsp3) is 0. The highest BCUT2D eigenvalue weighted by Crippen LogP contribution is 2.16. The number of carbonyl (C=O) groups excluding carboxylic acids is 1. The van der Waals surface area contributed by atoms with Crippen LogP contribution in [0, 0.1) is 0 Å². The number of nitrogens with zero attached hydrogens (tertiary/aromatic N) is 1.